The monoisotopic (exact) mass is 380 g/mol. The molecule has 0 radical (unpaired) electrons. The van der Waals surface area contributed by atoms with E-state index in [-0.39, 0.29) is 0 Å². The van der Waals surface area contributed by atoms with Crippen molar-refractivity contribution in [3.05, 3.63) is 32.2 Å². The van der Waals surface area contributed by atoms with E-state index in [2.05, 4.69) is 44.6 Å². The Morgan fingerprint density at radius 3 is 2.93 bits per heavy atom. The van der Waals surface area contributed by atoms with Crippen molar-refractivity contribution < 1.29 is 4.79 Å². The molecule has 0 atom stereocenters. The summed E-state index contributed by atoms with van der Waals surface area (Å²) in [5.74, 6) is 0. The van der Waals surface area contributed by atoms with Gasteiger partial charge < -0.3 is 0 Å². The largest absolute Gasteiger partial charge is 0.298 e. The number of rotatable bonds is 2. The van der Waals surface area contributed by atoms with E-state index in [0.29, 0.717) is 0 Å². The Labute approximate surface area is 108 Å². The molecule has 0 saturated heterocycles. The summed E-state index contributed by atoms with van der Waals surface area (Å²) in [5.41, 5.74) is 0.832. The lowest BCUT2D eigenvalue weighted by atomic mass is 10.1. The predicted molar refractivity (Wildman–Crippen MR) is 72.6 cm³/mol. The first-order valence-corrected chi connectivity index (χ1v) is 7.00. The van der Waals surface area contributed by atoms with Crippen LogP contribution >= 0.6 is 49.9 Å². The summed E-state index contributed by atoms with van der Waals surface area (Å²) in [6.45, 7) is 0. The zero-order valence-corrected chi connectivity index (χ0v) is 11.6. The zero-order chi connectivity index (χ0) is 10.1. The van der Waals surface area contributed by atoms with E-state index in [9.17, 15) is 4.79 Å². The molecule has 2 rings (SSSR count). The van der Waals surface area contributed by atoms with Crippen LogP contribution in [0.5, 0.6) is 0 Å². The minimum Gasteiger partial charge on any atom is -0.298 e. The van der Waals surface area contributed by atoms with Crippen LogP contribution in [0.25, 0.3) is 10.1 Å². The topological polar surface area (TPSA) is 17.1 Å². The molecule has 0 N–H and O–H groups in total. The van der Waals surface area contributed by atoms with E-state index < -0.39 is 0 Å². The van der Waals surface area contributed by atoms with Crippen LogP contribution in [-0.4, -0.2) is 6.29 Å². The lowest BCUT2D eigenvalue weighted by Gasteiger charge is -1.91. The van der Waals surface area contributed by atoms with Gasteiger partial charge in [-0.1, -0.05) is 22.0 Å². The van der Waals surface area contributed by atoms with Crippen LogP contribution < -0.4 is 0 Å². The van der Waals surface area contributed by atoms with E-state index in [1.165, 1.54) is 8.27 Å². The number of fused-ring (bicyclic) bond motifs is 1. The summed E-state index contributed by atoms with van der Waals surface area (Å²) in [4.78, 5) is 12.0. The summed E-state index contributed by atoms with van der Waals surface area (Å²) in [5, 5.41) is 1.82. The highest BCUT2D eigenvalue weighted by Crippen LogP contribution is 2.32. The molecule has 0 spiro atoms. The van der Waals surface area contributed by atoms with Crippen molar-refractivity contribution in [1.82, 2.24) is 0 Å². The number of carbonyl (C=O) groups excluding carboxylic acids is 1. The van der Waals surface area contributed by atoms with Gasteiger partial charge in [0.15, 0.2) is 6.29 Å². The molecule has 1 heterocycles. The lowest BCUT2D eigenvalue weighted by molar-refractivity contribution is 0.112. The molecule has 0 aliphatic rings. The molecular weight excluding hydrogens is 375 g/mol. The van der Waals surface area contributed by atoms with E-state index in [4.69, 9.17) is 0 Å². The Kier molecular flexibility index (Phi) is 3.23. The summed E-state index contributed by atoms with van der Waals surface area (Å²) in [6.07, 6.45) is 0.947. The van der Waals surface area contributed by atoms with Gasteiger partial charge in [0.25, 0.3) is 0 Å². The third kappa shape index (κ3) is 1.75. The van der Waals surface area contributed by atoms with Crippen LogP contribution in [0, 0.1) is 3.57 Å². The molecule has 0 aliphatic heterocycles. The van der Waals surface area contributed by atoms with Crippen LogP contribution in [0.2, 0.25) is 0 Å². The maximum atomic E-state index is 10.9. The number of aldehydes is 1. The Bertz CT molecular complexity index is 492. The number of alkyl halides is 1. The molecule has 0 fully saturated rings. The fourth-order valence-electron chi connectivity index (χ4n) is 1.37. The number of benzene rings is 1. The van der Waals surface area contributed by atoms with Crippen LogP contribution in [0.4, 0.5) is 0 Å². The van der Waals surface area contributed by atoms with Gasteiger partial charge in [0.2, 0.25) is 0 Å². The molecule has 0 saturated carbocycles. The van der Waals surface area contributed by atoms with Gasteiger partial charge in [0, 0.05) is 29.4 Å². The minimum absolute atomic E-state index is 0.747. The SMILES string of the molecule is O=Cc1c(CBr)sc2cc(I)ccc12. The highest BCUT2D eigenvalue weighted by molar-refractivity contribution is 14.1. The quantitative estimate of drug-likeness (QED) is 0.433. The van der Waals surface area contributed by atoms with Crippen molar-refractivity contribution >= 4 is 66.2 Å². The maximum Gasteiger partial charge on any atom is 0.151 e. The molecule has 0 amide bonds. The average Bonchev–Trinajstić information content (AvgIpc) is 2.54. The Morgan fingerprint density at radius 2 is 2.29 bits per heavy atom. The zero-order valence-electron chi connectivity index (χ0n) is 7.09. The van der Waals surface area contributed by atoms with Crippen molar-refractivity contribution in [1.29, 1.82) is 0 Å². The first kappa shape index (κ1) is 10.6. The number of halogens is 2. The summed E-state index contributed by atoms with van der Waals surface area (Å²) in [7, 11) is 0. The van der Waals surface area contributed by atoms with Crippen molar-refractivity contribution in [2.75, 3.05) is 0 Å². The molecule has 1 nitrogen and oxygen atoms in total. The van der Waals surface area contributed by atoms with Crippen molar-refractivity contribution in [2.45, 2.75) is 5.33 Å². The first-order valence-electron chi connectivity index (χ1n) is 3.98. The second-order valence-electron chi connectivity index (χ2n) is 2.83. The third-order valence-electron chi connectivity index (χ3n) is 2.01. The van der Waals surface area contributed by atoms with Gasteiger partial charge in [0.1, 0.15) is 0 Å². The summed E-state index contributed by atoms with van der Waals surface area (Å²) >= 11 is 7.35. The summed E-state index contributed by atoms with van der Waals surface area (Å²) in [6, 6.07) is 6.16. The normalized spacial score (nSPS) is 10.7. The third-order valence-corrected chi connectivity index (χ3v) is 4.78. The van der Waals surface area contributed by atoms with Gasteiger partial charge >= 0.3 is 0 Å². The van der Waals surface area contributed by atoms with E-state index >= 15 is 0 Å². The highest BCUT2D eigenvalue weighted by atomic mass is 127. The van der Waals surface area contributed by atoms with Gasteiger partial charge in [-0.2, -0.15) is 0 Å². The second kappa shape index (κ2) is 4.28. The van der Waals surface area contributed by atoms with Crippen LogP contribution in [-0.2, 0) is 5.33 Å². The predicted octanol–water partition coefficient (Wildman–Crippen LogP) is 4.21. The van der Waals surface area contributed by atoms with Crippen molar-refractivity contribution in [3.63, 3.8) is 0 Å². The fourth-order valence-corrected chi connectivity index (χ4v) is 3.78. The molecule has 1 aromatic carbocycles. The van der Waals surface area contributed by atoms with Crippen LogP contribution in [0.15, 0.2) is 18.2 Å². The van der Waals surface area contributed by atoms with E-state index in [1.807, 2.05) is 12.1 Å². The molecule has 14 heavy (non-hydrogen) atoms. The number of hydrogen-bond donors (Lipinski definition) is 0. The van der Waals surface area contributed by atoms with Crippen molar-refractivity contribution in [2.24, 2.45) is 0 Å². The average molecular weight is 381 g/mol. The Morgan fingerprint density at radius 1 is 1.50 bits per heavy atom. The maximum absolute atomic E-state index is 10.9. The van der Waals surface area contributed by atoms with Gasteiger partial charge in [0.05, 0.1) is 0 Å². The fraction of sp³-hybridized carbons (Fsp3) is 0.100. The first-order chi connectivity index (χ1) is 6.76. The number of hydrogen-bond acceptors (Lipinski definition) is 2. The molecule has 0 unspecified atom stereocenters. The molecule has 1 aromatic heterocycles. The standard InChI is InChI=1S/C10H6BrIOS/c11-4-10-8(5-13)7-2-1-6(12)3-9(7)14-10/h1-3,5H,4H2. The lowest BCUT2D eigenvalue weighted by Crippen LogP contribution is -1.81. The number of carbonyl (C=O) groups is 1. The summed E-state index contributed by atoms with van der Waals surface area (Å²) < 4.78 is 2.39. The Balaban J connectivity index is 2.79. The van der Waals surface area contributed by atoms with Crippen molar-refractivity contribution in [3.8, 4) is 0 Å². The van der Waals surface area contributed by atoms with Gasteiger partial charge in [-0.05, 0) is 34.7 Å². The highest BCUT2D eigenvalue weighted by Gasteiger charge is 2.10. The molecule has 2 aromatic rings. The van der Waals surface area contributed by atoms with Gasteiger partial charge in [-0.25, -0.2) is 0 Å². The van der Waals surface area contributed by atoms with Crippen LogP contribution in [0.1, 0.15) is 15.2 Å². The van der Waals surface area contributed by atoms with Crippen LogP contribution in [0.3, 0.4) is 0 Å². The molecule has 0 aliphatic carbocycles. The van der Waals surface area contributed by atoms with E-state index in [0.717, 1.165) is 27.4 Å². The van der Waals surface area contributed by atoms with Gasteiger partial charge in [-0.3, -0.25) is 4.79 Å². The molecular formula is C10H6BrIOS. The Hall–Kier alpha value is 0.0600. The van der Waals surface area contributed by atoms with Gasteiger partial charge in [-0.15, -0.1) is 11.3 Å². The molecule has 4 heteroatoms. The number of thiophene rings is 1. The molecule has 0 bridgehead atoms. The second-order valence-corrected chi connectivity index (χ2v) is 5.77. The molecule has 72 valence electrons. The van der Waals surface area contributed by atoms with E-state index in [1.54, 1.807) is 11.3 Å². The smallest absolute Gasteiger partial charge is 0.151 e. The minimum atomic E-state index is 0.747.